The SMILES string of the molecule is C[CH-]C.C[Si](C)C.[Y]. The first-order chi connectivity index (χ1) is 3.15. The zero-order valence-corrected chi connectivity index (χ0v) is 10.5. The fraction of sp³-hybridized carbons (Fsp3) is 0.833. The van der Waals surface area contributed by atoms with Gasteiger partial charge in [0.2, 0.25) is 0 Å². The van der Waals surface area contributed by atoms with Gasteiger partial charge in [0.15, 0.2) is 0 Å². The largest absolute Gasteiger partial charge is 0.335 e. The van der Waals surface area contributed by atoms with Crippen LogP contribution in [-0.4, -0.2) is 8.80 Å². The molecule has 0 aliphatic carbocycles. The summed E-state index contributed by atoms with van der Waals surface area (Å²) in [7, 11) is 0.120. The van der Waals surface area contributed by atoms with Gasteiger partial charge in [-0.2, -0.15) is 13.8 Å². The molecule has 8 heavy (non-hydrogen) atoms. The van der Waals surface area contributed by atoms with Crippen LogP contribution in [0.2, 0.25) is 19.6 Å². The maximum Gasteiger partial charge on any atom is 0.0379 e. The van der Waals surface area contributed by atoms with Crippen molar-refractivity contribution in [2.75, 3.05) is 0 Å². The maximum atomic E-state index is 2.27. The number of hydrogen-bond donors (Lipinski definition) is 0. The molecule has 2 radical (unpaired) electrons. The van der Waals surface area contributed by atoms with Gasteiger partial charge in [-0.3, -0.25) is 0 Å². The van der Waals surface area contributed by atoms with Crippen molar-refractivity contribution in [3.05, 3.63) is 6.42 Å². The fourth-order valence-electron chi connectivity index (χ4n) is 0. The summed E-state index contributed by atoms with van der Waals surface area (Å²) in [4.78, 5) is 0. The second kappa shape index (κ2) is 15.8. The maximum absolute atomic E-state index is 2.27. The van der Waals surface area contributed by atoms with Crippen LogP contribution in [0.3, 0.4) is 0 Å². The van der Waals surface area contributed by atoms with Crippen molar-refractivity contribution < 1.29 is 32.7 Å². The fourth-order valence-corrected chi connectivity index (χ4v) is 0. The van der Waals surface area contributed by atoms with E-state index in [0.717, 1.165) is 0 Å². The molecular weight excluding hydrogens is 189 g/mol. The molecular formula is C6H16SiY-. The first-order valence-electron chi connectivity index (χ1n) is 2.65. The number of rotatable bonds is 0. The van der Waals surface area contributed by atoms with E-state index >= 15 is 0 Å². The summed E-state index contributed by atoms with van der Waals surface area (Å²) in [5, 5.41) is 0. The molecule has 0 aliphatic heterocycles. The minimum absolute atomic E-state index is 0. The van der Waals surface area contributed by atoms with E-state index in [4.69, 9.17) is 0 Å². The second-order valence-corrected chi connectivity index (χ2v) is 5.08. The van der Waals surface area contributed by atoms with E-state index in [0.29, 0.717) is 0 Å². The van der Waals surface area contributed by atoms with E-state index in [2.05, 4.69) is 19.6 Å². The van der Waals surface area contributed by atoms with Gasteiger partial charge in [-0.15, -0.1) is 0 Å². The van der Waals surface area contributed by atoms with Crippen LogP contribution in [0.1, 0.15) is 13.8 Å². The summed E-state index contributed by atoms with van der Waals surface area (Å²) < 4.78 is 0. The van der Waals surface area contributed by atoms with E-state index in [1.807, 2.05) is 20.3 Å². The normalized spacial score (nSPS) is 6.75. The molecule has 0 aromatic rings. The van der Waals surface area contributed by atoms with Gasteiger partial charge >= 0.3 is 0 Å². The third-order valence-corrected chi connectivity index (χ3v) is 0. The molecule has 48 valence electrons. The van der Waals surface area contributed by atoms with Crippen LogP contribution in [0.4, 0.5) is 0 Å². The van der Waals surface area contributed by atoms with Crippen LogP contribution in [0.15, 0.2) is 0 Å². The molecule has 0 amide bonds. The van der Waals surface area contributed by atoms with Crippen molar-refractivity contribution in [1.29, 1.82) is 0 Å². The van der Waals surface area contributed by atoms with Crippen molar-refractivity contribution >= 4 is 8.80 Å². The molecule has 0 atom stereocenters. The third kappa shape index (κ3) is 168. The average Bonchev–Trinajstić information content (AvgIpc) is 1.33. The van der Waals surface area contributed by atoms with Crippen LogP contribution >= 0.6 is 0 Å². The van der Waals surface area contributed by atoms with Crippen molar-refractivity contribution in [2.45, 2.75) is 33.5 Å². The Morgan fingerprint density at radius 1 is 1.00 bits per heavy atom. The Morgan fingerprint density at radius 3 is 1.00 bits per heavy atom. The predicted molar refractivity (Wildman–Crippen MR) is 39.0 cm³/mol. The smallest absolute Gasteiger partial charge is 0.0379 e. The van der Waals surface area contributed by atoms with Gasteiger partial charge in [0.1, 0.15) is 0 Å². The van der Waals surface area contributed by atoms with Gasteiger partial charge in [-0.05, 0) is 0 Å². The topological polar surface area (TPSA) is 0 Å². The molecule has 0 heterocycles. The van der Waals surface area contributed by atoms with Crippen molar-refractivity contribution in [2.24, 2.45) is 0 Å². The Balaban J connectivity index is -0.0000000575. The Kier molecular flexibility index (Phi) is 31.8. The molecule has 0 saturated heterocycles. The summed E-state index contributed by atoms with van der Waals surface area (Å²) in [6, 6.07) is 0. The van der Waals surface area contributed by atoms with E-state index in [9.17, 15) is 0 Å². The third-order valence-electron chi connectivity index (χ3n) is 0. The summed E-state index contributed by atoms with van der Waals surface area (Å²) in [6.45, 7) is 10.8. The standard InChI is InChI=1S/C3H9Si.C3H7.Y/c1-4(2)3;1-3-2;/h1-3H3;3H,1-2H3;/q;-1;. The average molecular weight is 205 g/mol. The first-order valence-corrected chi connectivity index (χ1v) is 5.65. The Morgan fingerprint density at radius 2 is 1.00 bits per heavy atom. The minimum atomic E-state index is 0. The quantitative estimate of drug-likeness (QED) is 0.421. The molecule has 0 fully saturated rings. The van der Waals surface area contributed by atoms with Crippen LogP contribution in [-0.2, 0) is 32.7 Å². The summed E-state index contributed by atoms with van der Waals surface area (Å²) in [6.07, 6.45) is 2.00. The predicted octanol–water partition coefficient (Wildman–Crippen LogP) is 2.60. The molecule has 0 saturated carbocycles. The minimum Gasteiger partial charge on any atom is -0.335 e. The molecule has 0 aromatic heterocycles. The van der Waals surface area contributed by atoms with Crippen molar-refractivity contribution in [3.8, 4) is 0 Å². The van der Waals surface area contributed by atoms with Crippen molar-refractivity contribution in [3.63, 3.8) is 0 Å². The van der Waals surface area contributed by atoms with Gasteiger partial charge in [-0.1, -0.05) is 19.6 Å². The molecule has 0 aliphatic rings. The van der Waals surface area contributed by atoms with Gasteiger partial charge < -0.3 is 6.42 Å². The van der Waals surface area contributed by atoms with Gasteiger partial charge in [0.25, 0.3) is 0 Å². The summed E-state index contributed by atoms with van der Waals surface area (Å²) in [5.41, 5.74) is 0. The first kappa shape index (κ1) is 16.2. The van der Waals surface area contributed by atoms with E-state index in [1.165, 1.54) is 0 Å². The molecule has 0 rings (SSSR count). The van der Waals surface area contributed by atoms with Crippen molar-refractivity contribution in [1.82, 2.24) is 0 Å². The summed E-state index contributed by atoms with van der Waals surface area (Å²) >= 11 is 0. The molecule has 0 bridgehead atoms. The van der Waals surface area contributed by atoms with Gasteiger partial charge in [0, 0.05) is 41.5 Å². The molecule has 0 unspecified atom stereocenters. The van der Waals surface area contributed by atoms with Crippen LogP contribution in [0, 0.1) is 6.42 Å². The van der Waals surface area contributed by atoms with Gasteiger partial charge in [0.05, 0.1) is 0 Å². The summed E-state index contributed by atoms with van der Waals surface area (Å²) in [5.74, 6) is 0. The second-order valence-electron chi connectivity index (χ2n) is 2.08. The monoisotopic (exact) mass is 205 g/mol. The van der Waals surface area contributed by atoms with E-state index in [-0.39, 0.29) is 41.5 Å². The van der Waals surface area contributed by atoms with Crippen LogP contribution in [0.25, 0.3) is 0 Å². The molecule has 0 nitrogen and oxygen atoms in total. The van der Waals surface area contributed by atoms with E-state index in [1.54, 1.807) is 0 Å². The van der Waals surface area contributed by atoms with Gasteiger partial charge in [-0.25, -0.2) is 0 Å². The Labute approximate surface area is 80.9 Å². The zero-order chi connectivity index (χ0) is 6.28. The number of hydrogen-bond acceptors (Lipinski definition) is 0. The zero-order valence-electron chi connectivity index (χ0n) is 6.65. The Hall–Kier alpha value is 1.32. The molecule has 0 spiro atoms. The molecule has 2 heteroatoms. The van der Waals surface area contributed by atoms with Crippen LogP contribution in [0.5, 0.6) is 0 Å². The van der Waals surface area contributed by atoms with Crippen LogP contribution < -0.4 is 0 Å². The molecule has 0 aromatic carbocycles. The van der Waals surface area contributed by atoms with E-state index < -0.39 is 0 Å². The Bertz CT molecular complexity index is 19.7. The molecule has 0 N–H and O–H groups in total.